The fourth-order valence-corrected chi connectivity index (χ4v) is 5.02. The highest BCUT2D eigenvalue weighted by molar-refractivity contribution is 7.91. The Bertz CT molecular complexity index is 713. The van der Waals surface area contributed by atoms with Gasteiger partial charge < -0.3 is 5.32 Å². The van der Waals surface area contributed by atoms with Crippen LogP contribution in [0.1, 0.15) is 43.7 Å². The summed E-state index contributed by atoms with van der Waals surface area (Å²) >= 11 is 0. The predicted octanol–water partition coefficient (Wildman–Crippen LogP) is 2.46. The summed E-state index contributed by atoms with van der Waals surface area (Å²) in [6.07, 6.45) is 2.43. The van der Waals surface area contributed by atoms with Crippen LogP contribution in [0.15, 0.2) is 18.2 Å². The lowest BCUT2D eigenvalue weighted by molar-refractivity contribution is 0.243. The van der Waals surface area contributed by atoms with Crippen molar-refractivity contribution in [3.05, 3.63) is 29.3 Å². The van der Waals surface area contributed by atoms with Crippen LogP contribution in [0.2, 0.25) is 0 Å². The first-order valence-electron chi connectivity index (χ1n) is 8.27. The molecule has 1 aromatic carbocycles. The van der Waals surface area contributed by atoms with Crippen LogP contribution < -0.4 is 10.2 Å². The highest BCUT2D eigenvalue weighted by atomic mass is 32.2. The van der Waals surface area contributed by atoms with E-state index in [0.29, 0.717) is 18.9 Å². The monoisotopic (exact) mass is 336 g/mol. The molecule has 6 heteroatoms. The van der Waals surface area contributed by atoms with Crippen molar-refractivity contribution >= 4 is 21.6 Å². The molecule has 0 aliphatic carbocycles. The molecule has 1 N–H and O–H groups in total. The number of rotatable bonds is 2. The number of nitrogens with zero attached hydrogens (tertiary/aromatic N) is 1. The van der Waals surface area contributed by atoms with Gasteiger partial charge in [0.05, 0.1) is 11.5 Å². The summed E-state index contributed by atoms with van der Waals surface area (Å²) in [5.74, 6) is 0.700. The van der Waals surface area contributed by atoms with Crippen LogP contribution in [0.3, 0.4) is 0 Å². The molecular formula is C17H24N2O3S. The van der Waals surface area contributed by atoms with Gasteiger partial charge in [0.1, 0.15) is 0 Å². The topological polar surface area (TPSA) is 66.5 Å². The van der Waals surface area contributed by atoms with E-state index in [4.69, 9.17) is 0 Å². The van der Waals surface area contributed by atoms with Crippen molar-refractivity contribution in [1.82, 2.24) is 5.32 Å². The molecule has 0 aromatic heterocycles. The first kappa shape index (κ1) is 16.3. The SMILES string of the molecule is CC(C)c1ccc2c(c1)CCCN2C(=O)N[C@H]1CCS(=O)(=O)C1. The summed E-state index contributed by atoms with van der Waals surface area (Å²) in [6, 6.07) is 5.86. The highest BCUT2D eigenvalue weighted by Crippen LogP contribution is 2.30. The maximum Gasteiger partial charge on any atom is 0.322 e. The van der Waals surface area contributed by atoms with Crippen LogP contribution in [-0.2, 0) is 16.3 Å². The molecule has 0 radical (unpaired) electrons. The molecule has 1 saturated heterocycles. The van der Waals surface area contributed by atoms with Crippen LogP contribution in [0, 0.1) is 0 Å². The number of hydrogen-bond acceptors (Lipinski definition) is 3. The fourth-order valence-electron chi connectivity index (χ4n) is 3.35. The van der Waals surface area contributed by atoms with Gasteiger partial charge in [0, 0.05) is 18.3 Å². The highest BCUT2D eigenvalue weighted by Gasteiger charge is 2.31. The molecule has 1 aromatic rings. The van der Waals surface area contributed by atoms with Gasteiger partial charge in [-0.1, -0.05) is 26.0 Å². The number of carbonyl (C=O) groups excluding carboxylic acids is 1. The standard InChI is InChI=1S/C17H24N2O3S/c1-12(2)13-5-6-16-14(10-13)4-3-8-19(16)17(20)18-15-7-9-23(21,22)11-15/h5-6,10,12,15H,3-4,7-9,11H2,1-2H3,(H,18,20)/t15-/m0/s1. The van der Waals surface area contributed by atoms with Gasteiger partial charge >= 0.3 is 6.03 Å². The molecule has 2 amide bonds. The third kappa shape index (κ3) is 3.52. The summed E-state index contributed by atoms with van der Waals surface area (Å²) in [5.41, 5.74) is 3.45. The summed E-state index contributed by atoms with van der Waals surface area (Å²) in [5, 5.41) is 2.89. The number of urea groups is 1. The summed E-state index contributed by atoms with van der Waals surface area (Å²) in [6.45, 7) is 5.00. The van der Waals surface area contributed by atoms with E-state index < -0.39 is 9.84 Å². The van der Waals surface area contributed by atoms with Crippen molar-refractivity contribution in [2.75, 3.05) is 23.0 Å². The molecule has 2 heterocycles. The number of nitrogens with one attached hydrogen (secondary N) is 1. The number of carbonyl (C=O) groups is 1. The van der Waals surface area contributed by atoms with Crippen LogP contribution in [0.5, 0.6) is 0 Å². The molecule has 23 heavy (non-hydrogen) atoms. The maximum absolute atomic E-state index is 12.6. The van der Waals surface area contributed by atoms with Crippen molar-refractivity contribution in [3.63, 3.8) is 0 Å². The molecule has 1 fully saturated rings. The minimum atomic E-state index is -2.98. The molecule has 3 rings (SSSR count). The van der Waals surface area contributed by atoms with Gasteiger partial charge in [-0.2, -0.15) is 0 Å². The van der Waals surface area contributed by atoms with E-state index in [2.05, 4.69) is 31.3 Å². The van der Waals surface area contributed by atoms with Crippen LogP contribution in [-0.4, -0.2) is 38.5 Å². The Morgan fingerprint density at radius 3 is 2.78 bits per heavy atom. The number of anilines is 1. The predicted molar refractivity (Wildman–Crippen MR) is 91.8 cm³/mol. The molecule has 2 aliphatic rings. The molecule has 0 saturated carbocycles. The van der Waals surface area contributed by atoms with Crippen molar-refractivity contribution in [2.24, 2.45) is 0 Å². The van der Waals surface area contributed by atoms with Gasteiger partial charge in [0.25, 0.3) is 0 Å². The van der Waals surface area contributed by atoms with E-state index in [1.54, 1.807) is 4.90 Å². The Balaban J connectivity index is 1.76. The Hall–Kier alpha value is -1.56. The Morgan fingerprint density at radius 1 is 1.35 bits per heavy atom. The molecule has 0 spiro atoms. The quantitative estimate of drug-likeness (QED) is 0.902. The third-order valence-corrected chi connectivity index (χ3v) is 6.46. The number of sulfone groups is 1. The second-order valence-electron chi connectivity index (χ2n) is 6.85. The van der Waals surface area contributed by atoms with Gasteiger partial charge in [-0.15, -0.1) is 0 Å². The van der Waals surface area contributed by atoms with Crippen LogP contribution in [0.4, 0.5) is 10.5 Å². The molecular weight excluding hydrogens is 312 g/mol. The van der Waals surface area contributed by atoms with Gasteiger partial charge in [0.2, 0.25) is 0 Å². The zero-order valence-electron chi connectivity index (χ0n) is 13.7. The molecule has 126 valence electrons. The number of fused-ring (bicyclic) bond motifs is 1. The average Bonchev–Trinajstić information content (AvgIpc) is 2.84. The average molecular weight is 336 g/mol. The number of aryl methyl sites for hydroxylation is 1. The van der Waals surface area contributed by atoms with Gasteiger partial charge in [-0.3, -0.25) is 4.90 Å². The summed E-state index contributed by atoms with van der Waals surface area (Å²) in [4.78, 5) is 14.3. The van der Waals surface area contributed by atoms with Crippen LogP contribution in [0.25, 0.3) is 0 Å². The Labute approximate surface area is 138 Å². The molecule has 1 atom stereocenters. The van der Waals surface area contributed by atoms with Crippen molar-refractivity contribution in [2.45, 2.75) is 45.1 Å². The largest absolute Gasteiger partial charge is 0.334 e. The minimum absolute atomic E-state index is 0.0612. The lowest BCUT2D eigenvalue weighted by Gasteiger charge is -2.31. The minimum Gasteiger partial charge on any atom is -0.334 e. The van der Waals surface area contributed by atoms with Crippen molar-refractivity contribution < 1.29 is 13.2 Å². The number of hydrogen-bond donors (Lipinski definition) is 1. The van der Waals surface area contributed by atoms with E-state index in [1.165, 1.54) is 11.1 Å². The summed E-state index contributed by atoms with van der Waals surface area (Å²) < 4.78 is 23.1. The Morgan fingerprint density at radius 2 is 2.13 bits per heavy atom. The van der Waals surface area contributed by atoms with E-state index in [9.17, 15) is 13.2 Å². The van der Waals surface area contributed by atoms with E-state index >= 15 is 0 Å². The lowest BCUT2D eigenvalue weighted by Crippen LogP contribution is -2.47. The molecule has 5 nitrogen and oxygen atoms in total. The van der Waals surface area contributed by atoms with E-state index in [-0.39, 0.29) is 23.6 Å². The zero-order chi connectivity index (χ0) is 16.6. The fraction of sp³-hybridized carbons (Fsp3) is 0.588. The Kier molecular flexibility index (Phi) is 4.36. The van der Waals surface area contributed by atoms with Gasteiger partial charge in [-0.25, -0.2) is 13.2 Å². The van der Waals surface area contributed by atoms with Gasteiger partial charge in [-0.05, 0) is 42.4 Å². The number of benzene rings is 1. The van der Waals surface area contributed by atoms with E-state index in [1.807, 2.05) is 6.07 Å². The normalized spacial score (nSPS) is 22.9. The first-order valence-corrected chi connectivity index (χ1v) is 10.1. The zero-order valence-corrected chi connectivity index (χ0v) is 14.5. The second kappa shape index (κ2) is 6.15. The van der Waals surface area contributed by atoms with Crippen LogP contribution >= 0.6 is 0 Å². The van der Waals surface area contributed by atoms with Crippen molar-refractivity contribution in [3.8, 4) is 0 Å². The smallest absolute Gasteiger partial charge is 0.322 e. The summed E-state index contributed by atoms with van der Waals surface area (Å²) in [7, 11) is -2.98. The molecule has 0 unspecified atom stereocenters. The lowest BCUT2D eigenvalue weighted by atomic mass is 9.95. The van der Waals surface area contributed by atoms with Crippen molar-refractivity contribution in [1.29, 1.82) is 0 Å². The maximum atomic E-state index is 12.6. The number of amides is 2. The first-order chi connectivity index (χ1) is 10.9. The van der Waals surface area contributed by atoms with Gasteiger partial charge in [0.15, 0.2) is 9.84 Å². The van der Waals surface area contributed by atoms with E-state index in [0.717, 1.165) is 18.5 Å². The third-order valence-electron chi connectivity index (χ3n) is 4.69. The molecule has 2 aliphatic heterocycles. The molecule has 0 bridgehead atoms. The second-order valence-corrected chi connectivity index (χ2v) is 9.08.